The predicted octanol–water partition coefficient (Wildman–Crippen LogP) is 0.0706. The number of nitrogens with one attached hydrogen (secondary N) is 1. The van der Waals surface area contributed by atoms with E-state index < -0.39 is 5.97 Å². The fourth-order valence-corrected chi connectivity index (χ4v) is 1.84. The molecule has 1 atom stereocenters. The van der Waals surface area contributed by atoms with E-state index >= 15 is 0 Å². The second kappa shape index (κ2) is 1.72. The zero-order chi connectivity index (χ0) is 7.19. The Bertz CT molecular complexity index is 174. The highest BCUT2D eigenvalue weighted by Gasteiger charge is 2.55. The van der Waals surface area contributed by atoms with Crippen LogP contribution in [0.2, 0.25) is 0 Å². The van der Waals surface area contributed by atoms with Crippen molar-refractivity contribution in [1.82, 2.24) is 5.32 Å². The summed E-state index contributed by atoms with van der Waals surface area (Å²) in [7, 11) is 0. The lowest BCUT2D eigenvalue weighted by Crippen LogP contribution is -2.22. The average Bonchev–Trinajstić information content (AvgIpc) is 2.42. The van der Waals surface area contributed by atoms with Crippen LogP contribution in [-0.2, 0) is 4.79 Å². The third kappa shape index (κ3) is 0.669. The molecule has 1 aliphatic carbocycles. The van der Waals surface area contributed by atoms with E-state index in [9.17, 15) is 4.79 Å². The van der Waals surface area contributed by atoms with Crippen LogP contribution in [0.3, 0.4) is 0 Å². The van der Waals surface area contributed by atoms with Crippen molar-refractivity contribution in [3.8, 4) is 0 Å². The molecule has 3 heteroatoms. The summed E-state index contributed by atoms with van der Waals surface area (Å²) in [5.74, 6) is -0.727. The van der Waals surface area contributed by atoms with Crippen molar-refractivity contribution >= 4 is 5.97 Å². The predicted molar refractivity (Wildman–Crippen MR) is 35.7 cm³/mol. The van der Waals surface area contributed by atoms with Crippen LogP contribution in [0.5, 0.6) is 0 Å². The van der Waals surface area contributed by atoms with Crippen LogP contribution >= 0.6 is 0 Å². The van der Waals surface area contributed by atoms with E-state index in [0.29, 0.717) is 6.54 Å². The van der Waals surface area contributed by atoms with E-state index in [-0.39, 0.29) is 11.3 Å². The van der Waals surface area contributed by atoms with E-state index in [1.807, 2.05) is 0 Å². The molecule has 2 N–H and O–H groups in total. The van der Waals surface area contributed by atoms with Crippen molar-refractivity contribution in [2.75, 3.05) is 13.1 Å². The Morgan fingerprint density at radius 2 is 2.30 bits per heavy atom. The lowest BCUT2D eigenvalue weighted by molar-refractivity contribution is -0.142. The maximum absolute atomic E-state index is 10.6. The Hall–Kier alpha value is -0.570. The molecule has 1 heterocycles. The molecule has 2 fully saturated rings. The smallest absolute Gasteiger partial charge is 0.308 e. The molecule has 0 aromatic rings. The van der Waals surface area contributed by atoms with E-state index in [1.165, 1.54) is 0 Å². The molecule has 10 heavy (non-hydrogen) atoms. The fourth-order valence-electron chi connectivity index (χ4n) is 1.84. The van der Waals surface area contributed by atoms with Crippen LogP contribution in [0.4, 0.5) is 0 Å². The molecule has 1 spiro atoms. The summed E-state index contributed by atoms with van der Waals surface area (Å²) in [5, 5.41) is 11.9. The van der Waals surface area contributed by atoms with E-state index in [1.54, 1.807) is 0 Å². The fraction of sp³-hybridized carbons (Fsp3) is 0.857. The van der Waals surface area contributed by atoms with Gasteiger partial charge in [-0.2, -0.15) is 0 Å². The van der Waals surface area contributed by atoms with Gasteiger partial charge in [0.2, 0.25) is 0 Å². The largest absolute Gasteiger partial charge is 0.481 e. The van der Waals surface area contributed by atoms with Gasteiger partial charge in [0, 0.05) is 13.1 Å². The molecule has 3 nitrogen and oxygen atoms in total. The van der Waals surface area contributed by atoms with Crippen LogP contribution in [0.15, 0.2) is 0 Å². The number of carboxylic acid groups (broad SMARTS) is 1. The van der Waals surface area contributed by atoms with Gasteiger partial charge in [-0.3, -0.25) is 4.79 Å². The first-order chi connectivity index (χ1) is 4.75. The number of hydrogen-bond donors (Lipinski definition) is 2. The zero-order valence-corrected chi connectivity index (χ0v) is 5.76. The maximum Gasteiger partial charge on any atom is 0.308 e. The van der Waals surface area contributed by atoms with Gasteiger partial charge in [0.25, 0.3) is 0 Å². The maximum atomic E-state index is 10.6. The van der Waals surface area contributed by atoms with Gasteiger partial charge < -0.3 is 10.4 Å². The monoisotopic (exact) mass is 141 g/mol. The number of aliphatic carboxylic acids is 1. The summed E-state index contributed by atoms with van der Waals surface area (Å²) in [6.07, 6.45) is 2.22. The molecule has 0 aromatic heterocycles. The first-order valence-electron chi connectivity index (χ1n) is 3.68. The zero-order valence-electron chi connectivity index (χ0n) is 5.76. The summed E-state index contributed by atoms with van der Waals surface area (Å²) in [6, 6.07) is 0. The molecule has 2 rings (SSSR count). The Morgan fingerprint density at radius 3 is 2.70 bits per heavy atom. The standard InChI is InChI=1S/C7H11NO2/c9-6(10)5-3-8-4-7(5)1-2-7/h5,8H,1-4H2,(H,9,10)/t5-/m0/s1. The number of carboxylic acids is 1. The highest BCUT2D eigenvalue weighted by atomic mass is 16.4. The molecule has 1 saturated heterocycles. The van der Waals surface area contributed by atoms with Crippen molar-refractivity contribution in [3.05, 3.63) is 0 Å². The Labute approximate surface area is 59.4 Å². The van der Waals surface area contributed by atoms with Gasteiger partial charge in [0.05, 0.1) is 5.92 Å². The third-order valence-electron chi connectivity index (χ3n) is 2.76. The number of rotatable bonds is 1. The molecular formula is C7H11NO2. The minimum absolute atomic E-state index is 0.104. The molecule has 1 aliphatic heterocycles. The van der Waals surface area contributed by atoms with Gasteiger partial charge in [-0.1, -0.05) is 0 Å². The normalized spacial score (nSPS) is 34.6. The highest BCUT2D eigenvalue weighted by molar-refractivity contribution is 5.72. The first kappa shape index (κ1) is 6.16. The second-order valence-electron chi connectivity index (χ2n) is 3.38. The van der Waals surface area contributed by atoms with Crippen LogP contribution in [0.1, 0.15) is 12.8 Å². The molecule has 0 radical (unpaired) electrons. The minimum atomic E-state index is -0.623. The van der Waals surface area contributed by atoms with Gasteiger partial charge in [-0.15, -0.1) is 0 Å². The number of carbonyl (C=O) groups is 1. The van der Waals surface area contributed by atoms with Crippen molar-refractivity contribution in [1.29, 1.82) is 0 Å². The summed E-state index contributed by atoms with van der Waals surface area (Å²) < 4.78 is 0. The minimum Gasteiger partial charge on any atom is -0.481 e. The summed E-state index contributed by atoms with van der Waals surface area (Å²) in [6.45, 7) is 1.60. The van der Waals surface area contributed by atoms with E-state index in [0.717, 1.165) is 19.4 Å². The van der Waals surface area contributed by atoms with Crippen LogP contribution in [-0.4, -0.2) is 24.2 Å². The van der Waals surface area contributed by atoms with Crippen molar-refractivity contribution in [3.63, 3.8) is 0 Å². The topological polar surface area (TPSA) is 49.3 Å². The lowest BCUT2D eigenvalue weighted by Gasteiger charge is -2.10. The van der Waals surface area contributed by atoms with E-state index in [2.05, 4.69) is 5.32 Å². The quantitative estimate of drug-likeness (QED) is 0.543. The van der Waals surface area contributed by atoms with Crippen molar-refractivity contribution in [2.45, 2.75) is 12.8 Å². The number of hydrogen-bond acceptors (Lipinski definition) is 2. The first-order valence-corrected chi connectivity index (χ1v) is 3.68. The van der Waals surface area contributed by atoms with Crippen molar-refractivity contribution < 1.29 is 9.90 Å². The van der Waals surface area contributed by atoms with Gasteiger partial charge in [0.15, 0.2) is 0 Å². The molecule has 2 aliphatic rings. The highest BCUT2D eigenvalue weighted by Crippen LogP contribution is 2.53. The summed E-state index contributed by atoms with van der Waals surface area (Å²) in [5.41, 5.74) is 0.172. The van der Waals surface area contributed by atoms with Crippen LogP contribution in [0.25, 0.3) is 0 Å². The Morgan fingerprint density at radius 1 is 1.60 bits per heavy atom. The Balaban J connectivity index is 2.14. The van der Waals surface area contributed by atoms with Crippen LogP contribution < -0.4 is 5.32 Å². The lowest BCUT2D eigenvalue weighted by atomic mass is 9.93. The van der Waals surface area contributed by atoms with E-state index in [4.69, 9.17) is 5.11 Å². The summed E-state index contributed by atoms with van der Waals surface area (Å²) in [4.78, 5) is 10.6. The van der Waals surface area contributed by atoms with Gasteiger partial charge >= 0.3 is 5.97 Å². The van der Waals surface area contributed by atoms with Gasteiger partial charge in [-0.25, -0.2) is 0 Å². The van der Waals surface area contributed by atoms with Gasteiger partial charge in [0.1, 0.15) is 0 Å². The molecular weight excluding hydrogens is 130 g/mol. The molecule has 56 valence electrons. The molecule has 0 amide bonds. The molecule has 1 saturated carbocycles. The van der Waals surface area contributed by atoms with Crippen molar-refractivity contribution in [2.24, 2.45) is 11.3 Å². The summed E-state index contributed by atoms with van der Waals surface area (Å²) >= 11 is 0. The van der Waals surface area contributed by atoms with Crippen LogP contribution in [0, 0.1) is 11.3 Å². The van der Waals surface area contributed by atoms with Gasteiger partial charge in [-0.05, 0) is 18.3 Å². The molecule has 0 aromatic carbocycles. The SMILES string of the molecule is O=C(O)[C@@H]1CNCC12CC2. The third-order valence-corrected chi connectivity index (χ3v) is 2.76. The molecule has 0 unspecified atom stereocenters. The second-order valence-corrected chi connectivity index (χ2v) is 3.38. The Kier molecular flexibility index (Phi) is 1.06. The average molecular weight is 141 g/mol. The molecule has 0 bridgehead atoms.